The van der Waals surface area contributed by atoms with E-state index in [0.717, 1.165) is 28.0 Å². The highest BCUT2D eigenvalue weighted by molar-refractivity contribution is 6.07. The van der Waals surface area contributed by atoms with Crippen molar-refractivity contribution in [3.63, 3.8) is 0 Å². The van der Waals surface area contributed by atoms with Gasteiger partial charge in [0.25, 0.3) is 0 Å². The van der Waals surface area contributed by atoms with Crippen molar-refractivity contribution in [3.05, 3.63) is 72.3 Å². The maximum absolute atomic E-state index is 8.99. The van der Waals surface area contributed by atoms with E-state index >= 15 is 0 Å². The summed E-state index contributed by atoms with van der Waals surface area (Å²) in [6.07, 6.45) is 0.690. The lowest BCUT2D eigenvalue weighted by molar-refractivity contribution is 0.299. The fourth-order valence-corrected chi connectivity index (χ4v) is 3.37. The molecular weight excluding hydrogens is 336 g/mol. The van der Waals surface area contributed by atoms with E-state index in [1.165, 1.54) is 10.8 Å². The molecule has 27 heavy (non-hydrogen) atoms. The summed E-state index contributed by atoms with van der Waals surface area (Å²) in [6, 6.07) is 22.9. The highest BCUT2D eigenvalue weighted by Gasteiger charge is 2.07. The molecule has 0 aliphatic heterocycles. The van der Waals surface area contributed by atoms with Crippen LogP contribution in [0.3, 0.4) is 0 Å². The summed E-state index contributed by atoms with van der Waals surface area (Å²) in [4.78, 5) is 3.45. The first-order valence-electron chi connectivity index (χ1n) is 9.32. The number of aliphatic hydroxyl groups excluding tert-OH is 1. The van der Waals surface area contributed by atoms with Crippen molar-refractivity contribution in [3.8, 4) is 5.75 Å². The van der Waals surface area contributed by atoms with Gasteiger partial charge in [-0.05, 0) is 49.2 Å². The molecule has 1 heterocycles. The number of nitrogens with one attached hydrogen (secondary N) is 2. The molecule has 0 fully saturated rings. The number of hydrogen-bond donors (Lipinski definition) is 3. The molecule has 4 nitrogen and oxygen atoms in total. The molecule has 0 aliphatic rings. The van der Waals surface area contributed by atoms with Gasteiger partial charge < -0.3 is 20.1 Å². The van der Waals surface area contributed by atoms with Crippen LogP contribution >= 0.6 is 0 Å². The van der Waals surface area contributed by atoms with E-state index in [1.54, 1.807) is 0 Å². The predicted octanol–water partition coefficient (Wildman–Crippen LogP) is 4.74. The molecule has 4 heteroatoms. The summed E-state index contributed by atoms with van der Waals surface area (Å²) >= 11 is 0. The Kier molecular flexibility index (Phi) is 4.99. The summed E-state index contributed by atoms with van der Waals surface area (Å²) in [6.45, 7) is 2.85. The van der Waals surface area contributed by atoms with Gasteiger partial charge >= 0.3 is 0 Å². The third-order valence-corrected chi connectivity index (χ3v) is 4.75. The van der Waals surface area contributed by atoms with Crippen LogP contribution in [0.4, 0.5) is 5.69 Å². The second-order valence-corrected chi connectivity index (χ2v) is 6.90. The van der Waals surface area contributed by atoms with Crippen molar-refractivity contribution in [2.75, 3.05) is 18.5 Å². The number of aromatic amines is 1. The third kappa shape index (κ3) is 3.91. The number of fused-ring (bicyclic) bond motifs is 3. The lowest BCUT2D eigenvalue weighted by atomic mass is 10.1. The van der Waals surface area contributed by atoms with Crippen LogP contribution < -0.4 is 10.1 Å². The van der Waals surface area contributed by atoms with E-state index in [4.69, 9.17) is 9.84 Å². The predicted molar refractivity (Wildman–Crippen MR) is 112 cm³/mol. The first kappa shape index (κ1) is 17.4. The average molecular weight is 360 g/mol. The summed E-state index contributed by atoms with van der Waals surface area (Å²) in [5.41, 5.74) is 4.43. The van der Waals surface area contributed by atoms with Crippen molar-refractivity contribution in [1.82, 2.24) is 4.98 Å². The molecule has 0 amide bonds. The number of benzene rings is 3. The highest BCUT2D eigenvalue weighted by atomic mass is 16.5. The molecule has 138 valence electrons. The van der Waals surface area contributed by atoms with Crippen LogP contribution in [0.15, 0.2) is 66.7 Å². The second-order valence-electron chi connectivity index (χ2n) is 6.90. The van der Waals surface area contributed by atoms with E-state index in [2.05, 4.69) is 47.6 Å². The Morgan fingerprint density at radius 1 is 0.963 bits per heavy atom. The molecule has 0 radical (unpaired) electrons. The molecule has 1 aromatic heterocycles. The standard InChI is InChI=1S/C23H24N2O2/c1-16(24-18-8-6-17(7-9-18)12-13-26)15-27-19-10-11-21-20-4-2-3-5-22(20)25-23(21)14-19/h2-11,14,16,24-26H,12-13,15H2,1H3. The van der Waals surface area contributed by atoms with E-state index in [-0.39, 0.29) is 12.6 Å². The van der Waals surface area contributed by atoms with Crippen LogP contribution in [0.2, 0.25) is 0 Å². The van der Waals surface area contributed by atoms with Crippen LogP contribution in [0.5, 0.6) is 5.75 Å². The molecule has 1 unspecified atom stereocenters. The smallest absolute Gasteiger partial charge is 0.121 e. The van der Waals surface area contributed by atoms with Crippen LogP contribution in [0, 0.1) is 0 Å². The summed E-state index contributed by atoms with van der Waals surface area (Å²) in [5, 5.41) is 14.9. The number of para-hydroxylation sites is 1. The number of rotatable bonds is 7. The lowest BCUT2D eigenvalue weighted by Gasteiger charge is -2.16. The van der Waals surface area contributed by atoms with Crippen LogP contribution in [0.25, 0.3) is 21.8 Å². The maximum atomic E-state index is 8.99. The van der Waals surface area contributed by atoms with Crippen molar-refractivity contribution >= 4 is 27.5 Å². The van der Waals surface area contributed by atoms with Gasteiger partial charge in [-0.3, -0.25) is 0 Å². The Hall–Kier alpha value is -2.98. The van der Waals surface area contributed by atoms with Crippen LogP contribution in [-0.2, 0) is 6.42 Å². The number of anilines is 1. The van der Waals surface area contributed by atoms with E-state index in [9.17, 15) is 0 Å². The van der Waals surface area contributed by atoms with Crippen molar-refractivity contribution in [2.45, 2.75) is 19.4 Å². The molecule has 0 aliphatic carbocycles. The first-order valence-corrected chi connectivity index (χ1v) is 9.32. The number of aromatic nitrogens is 1. The van der Waals surface area contributed by atoms with Gasteiger partial charge in [-0.2, -0.15) is 0 Å². The van der Waals surface area contributed by atoms with Gasteiger partial charge in [-0.1, -0.05) is 30.3 Å². The van der Waals surface area contributed by atoms with Crippen molar-refractivity contribution in [2.24, 2.45) is 0 Å². The zero-order chi connectivity index (χ0) is 18.6. The molecule has 3 aromatic carbocycles. The molecule has 0 saturated heterocycles. The summed E-state index contributed by atoms with van der Waals surface area (Å²) < 4.78 is 5.99. The molecule has 3 N–H and O–H groups in total. The van der Waals surface area contributed by atoms with E-state index in [1.807, 2.05) is 36.4 Å². The van der Waals surface area contributed by atoms with Crippen molar-refractivity contribution < 1.29 is 9.84 Å². The zero-order valence-electron chi connectivity index (χ0n) is 15.4. The monoisotopic (exact) mass is 360 g/mol. The topological polar surface area (TPSA) is 57.3 Å². The Labute approximate surface area is 158 Å². The van der Waals surface area contributed by atoms with Gasteiger partial charge in [0.1, 0.15) is 12.4 Å². The van der Waals surface area contributed by atoms with Crippen LogP contribution in [0.1, 0.15) is 12.5 Å². The minimum absolute atomic E-state index is 0.173. The minimum Gasteiger partial charge on any atom is -0.491 e. The second kappa shape index (κ2) is 7.72. The Morgan fingerprint density at radius 3 is 2.56 bits per heavy atom. The van der Waals surface area contributed by atoms with Gasteiger partial charge in [0.05, 0.1) is 11.6 Å². The molecule has 1 atom stereocenters. The largest absolute Gasteiger partial charge is 0.491 e. The SMILES string of the molecule is CC(COc1ccc2c(c1)[nH]c1ccccc12)Nc1ccc(CCO)cc1. The number of ether oxygens (including phenoxy) is 1. The Balaban J connectivity index is 1.39. The van der Waals surface area contributed by atoms with Gasteiger partial charge in [0.2, 0.25) is 0 Å². The fraction of sp³-hybridized carbons (Fsp3) is 0.217. The normalized spacial score (nSPS) is 12.4. The molecule has 0 bridgehead atoms. The van der Waals surface area contributed by atoms with Gasteiger partial charge in [-0.25, -0.2) is 0 Å². The number of H-pyrrole nitrogens is 1. The third-order valence-electron chi connectivity index (χ3n) is 4.75. The Morgan fingerprint density at radius 2 is 1.74 bits per heavy atom. The quantitative estimate of drug-likeness (QED) is 0.446. The fourth-order valence-electron chi connectivity index (χ4n) is 3.37. The molecule has 4 rings (SSSR count). The van der Waals surface area contributed by atoms with Crippen molar-refractivity contribution in [1.29, 1.82) is 0 Å². The maximum Gasteiger partial charge on any atom is 0.121 e. The van der Waals surface area contributed by atoms with Crippen LogP contribution in [-0.4, -0.2) is 29.3 Å². The molecule has 0 spiro atoms. The molecular formula is C23H24N2O2. The number of hydrogen-bond acceptors (Lipinski definition) is 3. The van der Waals surface area contributed by atoms with Gasteiger partial charge in [-0.15, -0.1) is 0 Å². The lowest BCUT2D eigenvalue weighted by Crippen LogP contribution is -2.23. The Bertz CT molecular complexity index is 1040. The molecule has 4 aromatic rings. The van der Waals surface area contributed by atoms with Gasteiger partial charge in [0.15, 0.2) is 0 Å². The van der Waals surface area contributed by atoms with Gasteiger partial charge in [0, 0.05) is 34.6 Å². The first-order chi connectivity index (χ1) is 13.2. The highest BCUT2D eigenvalue weighted by Crippen LogP contribution is 2.28. The summed E-state index contributed by atoms with van der Waals surface area (Å²) in [5.74, 6) is 0.862. The minimum atomic E-state index is 0.173. The summed E-state index contributed by atoms with van der Waals surface area (Å²) in [7, 11) is 0. The average Bonchev–Trinajstić information content (AvgIpc) is 3.06. The van der Waals surface area contributed by atoms with E-state index in [0.29, 0.717) is 13.0 Å². The van der Waals surface area contributed by atoms with E-state index < -0.39 is 0 Å². The zero-order valence-corrected chi connectivity index (χ0v) is 15.4. The molecule has 0 saturated carbocycles. The number of aliphatic hydroxyl groups is 1.